The molecule has 5 nitrogen and oxygen atoms in total. The van der Waals surface area contributed by atoms with Gasteiger partial charge in [0.2, 0.25) is 5.91 Å². The lowest BCUT2D eigenvalue weighted by atomic mass is 10.1. The van der Waals surface area contributed by atoms with Crippen LogP contribution in [-0.4, -0.2) is 41.5 Å². The molecule has 5 heteroatoms. The number of carbonyl (C=O) groups is 2. The molecule has 1 rings (SSSR count). The van der Waals surface area contributed by atoms with Gasteiger partial charge < -0.3 is 10.5 Å². The van der Waals surface area contributed by atoms with Gasteiger partial charge in [-0.2, -0.15) is 0 Å². The molecule has 1 unspecified atom stereocenters. The minimum Gasteiger partial charge on any atom is -0.459 e. The molecule has 1 saturated heterocycles. The Labute approximate surface area is 109 Å². The molecule has 0 aromatic carbocycles. The van der Waals surface area contributed by atoms with Gasteiger partial charge in [-0.1, -0.05) is 6.92 Å². The Morgan fingerprint density at radius 2 is 2.06 bits per heavy atom. The molecule has 1 aliphatic rings. The summed E-state index contributed by atoms with van der Waals surface area (Å²) in [6.45, 7) is 8.70. The Kier molecular flexibility index (Phi) is 4.73. The van der Waals surface area contributed by atoms with E-state index in [9.17, 15) is 9.59 Å². The molecule has 0 radical (unpaired) electrons. The number of primary amides is 1. The Bertz CT molecular complexity index is 323. The number of carbonyl (C=O) groups excluding carboxylic acids is 2. The molecule has 2 atom stereocenters. The van der Waals surface area contributed by atoms with Crippen LogP contribution in [0.3, 0.4) is 0 Å². The topological polar surface area (TPSA) is 72.6 Å². The summed E-state index contributed by atoms with van der Waals surface area (Å²) in [5, 5.41) is 0. The Morgan fingerprint density at radius 3 is 2.56 bits per heavy atom. The number of nitrogens with zero attached hydrogens (tertiary/aromatic N) is 1. The van der Waals surface area contributed by atoms with Gasteiger partial charge in [0.15, 0.2) is 0 Å². The van der Waals surface area contributed by atoms with Gasteiger partial charge in [-0.15, -0.1) is 0 Å². The number of likely N-dealkylation sites (tertiary alicyclic amines) is 1. The van der Waals surface area contributed by atoms with Crippen molar-refractivity contribution in [1.29, 1.82) is 0 Å². The van der Waals surface area contributed by atoms with Crippen LogP contribution in [-0.2, 0) is 14.3 Å². The number of amides is 1. The number of hydrogen-bond donors (Lipinski definition) is 1. The monoisotopic (exact) mass is 256 g/mol. The van der Waals surface area contributed by atoms with E-state index in [1.807, 2.05) is 25.7 Å². The van der Waals surface area contributed by atoms with Crippen molar-refractivity contribution in [3.05, 3.63) is 0 Å². The Balaban J connectivity index is 2.59. The number of nitrogens with two attached hydrogens (primary N) is 1. The highest BCUT2D eigenvalue weighted by Crippen LogP contribution is 2.22. The van der Waals surface area contributed by atoms with E-state index < -0.39 is 5.60 Å². The number of rotatable bonds is 4. The third-order valence-corrected chi connectivity index (χ3v) is 3.04. The van der Waals surface area contributed by atoms with E-state index in [2.05, 4.69) is 0 Å². The van der Waals surface area contributed by atoms with Crippen LogP contribution in [0.15, 0.2) is 0 Å². The third-order valence-electron chi connectivity index (χ3n) is 3.04. The van der Waals surface area contributed by atoms with Crippen LogP contribution in [0.25, 0.3) is 0 Å². The molecule has 0 aromatic heterocycles. The van der Waals surface area contributed by atoms with Gasteiger partial charge in [0.25, 0.3) is 0 Å². The summed E-state index contributed by atoms with van der Waals surface area (Å²) >= 11 is 0. The molecular weight excluding hydrogens is 232 g/mol. The zero-order valence-electron chi connectivity index (χ0n) is 11.7. The van der Waals surface area contributed by atoms with Crippen LogP contribution in [0.2, 0.25) is 0 Å². The minimum atomic E-state index is -0.472. The van der Waals surface area contributed by atoms with E-state index >= 15 is 0 Å². The number of hydrogen-bond acceptors (Lipinski definition) is 4. The molecule has 1 aliphatic heterocycles. The van der Waals surface area contributed by atoms with Gasteiger partial charge in [-0.05, 0) is 40.2 Å². The fourth-order valence-corrected chi connectivity index (χ4v) is 2.12. The molecule has 1 heterocycles. The summed E-state index contributed by atoms with van der Waals surface area (Å²) < 4.78 is 5.40. The predicted octanol–water partition coefficient (Wildman–Crippen LogP) is 0.914. The highest BCUT2D eigenvalue weighted by atomic mass is 16.6. The first-order chi connectivity index (χ1) is 8.20. The van der Waals surface area contributed by atoms with Crippen molar-refractivity contribution in [2.75, 3.05) is 13.1 Å². The van der Waals surface area contributed by atoms with E-state index in [0.29, 0.717) is 6.54 Å². The van der Waals surface area contributed by atoms with Crippen molar-refractivity contribution in [3.8, 4) is 0 Å². The first-order valence-electron chi connectivity index (χ1n) is 6.47. The predicted molar refractivity (Wildman–Crippen MR) is 68.8 cm³/mol. The molecule has 104 valence electrons. The van der Waals surface area contributed by atoms with Crippen molar-refractivity contribution < 1.29 is 14.3 Å². The summed E-state index contributed by atoms with van der Waals surface area (Å²) in [7, 11) is 0. The van der Waals surface area contributed by atoms with E-state index in [4.69, 9.17) is 10.5 Å². The molecule has 0 bridgehead atoms. The van der Waals surface area contributed by atoms with Crippen molar-refractivity contribution >= 4 is 11.9 Å². The maximum atomic E-state index is 12.0. The van der Waals surface area contributed by atoms with Gasteiger partial charge in [0.05, 0.1) is 0 Å². The normalized spacial score (nSPS) is 22.8. The van der Waals surface area contributed by atoms with E-state index in [1.165, 1.54) is 0 Å². The Hall–Kier alpha value is -1.10. The molecule has 0 saturated carbocycles. The second-order valence-electron chi connectivity index (χ2n) is 5.99. The molecule has 1 fully saturated rings. The maximum Gasteiger partial charge on any atom is 0.323 e. The lowest BCUT2D eigenvalue weighted by molar-refractivity contribution is -0.160. The number of ether oxygens (including phenoxy) is 1. The number of esters is 1. The summed E-state index contributed by atoms with van der Waals surface area (Å²) in [5.74, 6) is -0.769. The fraction of sp³-hybridized carbons (Fsp3) is 0.846. The van der Waals surface area contributed by atoms with E-state index in [0.717, 1.165) is 19.4 Å². The largest absolute Gasteiger partial charge is 0.459 e. The third kappa shape index (κ3) is 4.29. The van der Waals surface area contributed by atoms with Gasteiger partial charge in [-0.3, -0.25) is 14.5 Å². The molecular formula is C13H24N2O3. The molecule has 1 amide bonds. The van der Waals surface area contributed by atoms with Crippen LogP contribution >= 0.6 is 0 Å². The standard InChI is InChI=1S/C13H24N2O3/c1-9(11(14)16)8-15-7-5-6-10(15)12(17)18-13(2,3)4/h9-10H,5-8H2,1-4H3,(H2,14,16)/t9?,10-/m1/s1. The van der Waals surface area contributed by atoms with E-state index in [-0.39, 0.29) is 23.8 Å². The first kappa shape index (κ1) is 15.0. The quantitative estimate of drug-likeness (QED) is 0.759. The average molecular weight is 256 g/mol. The zero-order chi connectivity index (χ0) is 13.9. The van der Waals surface area contributed by atoms with Crippen molar-refractivity contribution in [2.24, 2.45) is 11.7 Å². The summed E-state index contributed by atoms with van der Waals surface area (Å²) in [4.78, 5) is 25.1. The maximum absolute atomic E-state index is 12.0. The van der Waals surface area contributed by atoms with Crippen molar-refractivity contribution in [2.45, 2.75) is 52.2 Å². The second kappa shape index (κ2) is 5.69. The molecule has 0 aliphatic carbocycles. The van der Waals surface area contributed by atoms with Gasteiger partial charge in [0, 0.05) is 12.5 Å². The average Bonchev–Trinajstić information content (AvgIpc) is 2.62. The highest BCUT2D eigenvalue weighted by molar-refractivity contribution is 5.78. The van der Waals surface area contributed by atoms with Crippen LogP contribution < -0.4 is 5.73 Å². The summed E-state index contributed by atoms with van der Waals surface area (Å²) in [6, 6.07) is -0.231. The van der Waals surface area contributed by atoms with Gasteiger partial charge in [0.1, 0.15) is 11.6 Å². The smallest absolute Gasteiger partial charge is 0.323 e. The Morgan fingerprint density at radius 1 is 1.44 bits per heavy atom. The van der Waals surface area contributed by atoms with Gasteiger partial charge >= 0.3 is 5.97 Å². The molecule has 2 N–H and O–H groups in total. The van der Waals surface area contributed by atoms with Crippen LogP contribution in [0.4, 0.5) is 0 Å². The highest BCUT2D eigenvalue weighted by Gasteiger charge is 2.35. The lowest BCUT2D eigenvalue weighted by Crippen LogP contribution is -2.43. The second-order valence-corrected chi connectivity index (χ2v) is 5.99. The van der Waals surface area contributed by atoms with E-state index in [1.54, 1.807) is 6.92 Å². The van der Waals surface area contributed by atoms with Crippen LogP contribution in [0.1, 0.15) is 40.5 Å². The molecule has 18 heavy (non-hydrogen) atoms. The summed E-state index contributed by atoms with van der Waals surface area (Å²) in [6.07, 6.45) is 1.75. The minimum absolute atomic E-state index is 0.198. The lowest BCUT2D eigenvalue weighted by Gasteiger charge is -2.28. The SMILES string of the molecule is CC(CN1CCC[C@@H]1C(=O)OC(C)(C)C)C(N)=O. The van der Waals surface area contributed by atoms with Crippen LogP contribution in [0, 0.1) is 5.92 Å². The summed E-state index contributed by atoms with van der Waals surface area (Å²) in [5.41, 5.74) is 4.78. The van der Waals surface area contributed by atoms with Crippen molar-refractivity contribution in [1.82, 2.24) is 4.90 Å². The molecule has 0 spiro atoms. The van der Waals surface area contributed by atoms with Gasteiger partial charge in [-0.25, -0.2) is 0 Å². The van der Waals surface area contributed by atoms with Crippen molar-refractivity contribution in [3.63, 3.8) is 0 Å². The zero-order valence-corrected chi connectivity index (χ0v) is 11.7. The fourth-order valence-electron chi connectivity index (χ4n) is 2.12. The van der Waals surface area contributed by atoms with Crippen LogP contribution in [0.5, 0.6) is 0 Å². The molecule has 0 aromatic rings. The first-order valence-corrected chi connectivity index (χ1v) is 6.47.